The van der Waals surface area contributed by atoms with Crippen molar-refractivity contribution < 1.29 is 5.11 Å². The highest BCUT2D eigenvalue weighted by molar-refractivity contribution is 4.98. The van der Waals surface area contributed by atoms with Crippen LogP contribution in [0.5, 0.6) is 0 Å². The van der Waals surface area contributed by atoms with Crippen LogP contribution in [-0.4, -0.2) is 17.3 Å². The monoisotopic (exact) mass is 155 g/mol. The zero-order valence-electron chi connectivity index (χ0n) is 6.92. The molecule has 2 nitrogen and oxygen atoms in total. The van der Waals surface area contributed by atoms with Crippen LogP contribution in [0.25, 0.3) is 0 Å². The van der Waals surface area contributed by atoms with Gasteiger partial charge in [0.05, 0.1) is 5.60 Å². The number of hydrogen-bond donors (Lipinski definition) is 2. The minimum atomic E-state index is -0.485. The largest absolute Gasteiger partial charge is 0.388 e. The fraction of sp³-hybridized carbons (Fsp3) is 1.00. The van der Waals surface area contributed by atoms with Crippen LogP contribution in [0.3, 0.4) is 0 Å². The molecule has 0 aromatic heterocycles. The van der Waals surface area contributed by atoms with Crippen molar-refractivity contribution in [3.63, 3.8) is 0 Å². The predicted octanol–water partition coefficient (Wildman–Crippen LogP) is 0.886. The molecule has 2 heteroatoms. The lowest BCUT2D eigenvalue weighted by atomic mass is 9.91. The molecule has 0 heterocycles. The van der Waals surface area contributed by atoms with Gasteiger partial charge in [0, 0.05) is 6.54 Å². The fourth-order valence-electron chi connectivity index (χ4n) is 1.86. The molecule has 2 aliphatic rings. The second kappa shape index (κ2) is 2.46. The first-order chi connectivity index (χ1) is 5.24. The Balaban J connectivity index is 1.90. The van der Waals surface area contributed by atoms with E-state index in [1.54, 1.807) is 0 Å². The maximum absolute atomic E-state index is 10.0. The molecule has 2 fully saturated rings. The summed E-state index contributed by atoms with van der Waals surface area (Å²) < 4.78 is 0. The molecule has 0 aromatic carbocycles. The topological polar surface area (TPSA) is 46.2 Å². The van der Waals surface area contributed by atoms with E-state index in [0.29, 0.717) is 12.5 Å². The third-order valence-corrected chi connectivity index (χ3v) is 3.03. The van der Waals surface area contributed by atoms with Crippen LogP contribution in [0.1, 0.15) is 32.1 Å². The molecular formula is C9H17NO. The molecular weight excluding hydrogens is 138 g/mol. The van der Waals surface area contributed by atoms with Crippen molar-refractivity contribution in [3.8, 4) is 0 Å². The summed E-state index contributed by atoms with van der Waals surface area (Å²) in [5.41, 5.74) is 5.09. The van der Waals surface area contributed by atoms with Crippen LogP contribution < -0.4 is 5.73 Å². The summed E-state index contributed by atoms with van der Waals surface area (Å²) in [5, 5.41) is 10.0. The van der Waals surface area contributed by atoms with E-state index < -0.39 is 5.60 Å². The summed E-state index contributed by atoms with van der Waals surface area (Å²) in [5.74, 6) is 1.33. The number of aliphatic hydroxyl groups is 1. The van der Waals surface area contributed by atoms with Crippen LogP contribution in [0, 0.1) is 11.8 Å². The average Bonchev–Trinajstić information content (AvgIpc) is 2.81. The van der Waals surface area contributed by atoms with Gasteiger partial charge in [-0.2, -0.15) is 0 Å². The van der Waals surface area contributed by atoms with Crippen molar-refractivity contribution >= 4 is 0 Å². The molecule has 0 bridgehead atoms. The number of rotatable bonds is 4. The van der Waals surface area contributed by atoms with Crippen LogP contribution in [0.4, 0.5) is 0 Å². The zero-order valence-corrected chi connectivity index (χ0v) is 6.92. The molecule has 2 saturated carbocycles. The predicted molar refractivity (Wildman–Crippen MR) is 44.1 cm³/mol. The maximum atomic E-state index is 10.0. The minimum absolute atomic E-state index is 0.466. The molecule has 0 aliphatic heterocycles. The van der Waals surface area contributed by atoms with E-state index in [1.807, 2.05) is 0 Å². The van der Waals surface area contributed by atoms with E-state index >= 15 is 0 Å². The van der Waals surface area contributed by atoms with Crippen LogP contribution >= 0.6 is 0 Å². The summed E-state index contributed by atoms with van der Waals surface area (Å²) in [6.07, 6.45) is 5.99. The van der Waals surface area contributed by atoms with Gasteiger partial charge in [0.15, 0.2) is 0 Å². The minimum Gasteiger partial charge on any atom is -0.388 e. The summed E-state index contributed by atoms with van der Waals surface area (Å²) in [6.45, 7) is 0.466. The molecule has 2 rings (SSSR count). The first kappa shape index (κ1) is 7.56. The smallest absolute Gasteiger partial charge is 0.0800 e. The molecule has 3 N–H and O–H groups in total. The van der Waals surface area contributed by atoms with Crippen molar-refractivity contribution in [1.29, 1.82) is 0 Å². The van der Waals surface area contributed by atoms with E-state index in [-0.39, 0.29) is 0 Å². The van der Waals surface area contributed by atoms with Crippen molar-refractivity contribution in [2.24, 2.45) is 17.6 Å². The van der Waals surface area contributed by atoms with Gasteiger partial charge in [-0.3, -0.25) is 0 Å². The van der Waals surface area contributed by atoms with Crippen molar-refractivity contribution in [1.82, 2.24) is 0 Å². The van der Waals surface area contributed by atoms with Gasteiger partial charge in [0.1, 0.15) is 0 Å². The Morgan fingerprint density at radius 2 is 1.91 bits per heavy atom. The van der Waals surface area contributed by atoms with E-state index in [0.717, 1.165) is 12.3 Å². The van der Waals surface area contributed by atoms with Crippen molar-refractivity contribution in [2.45, 2.75) is 37.7 Å². The Morgan fingerprint density at radius 1 is 1.27 bits per heavy atom. The van der Waals surface area contributed by atoms with Gasteiger partial charge in [-0.1, -0.05) is 12.8 Å². The molecule has 2 aliphatic carbocycles. The molecule has 0 amide bonds. The fourth-order valence-corrected chi connectivity index (χ4v) is 1.86. The van der Waals surface area contributed by atoms with E-state index in [1.165, 1.54) is 25.7 Å². The zero-order chi connectivity index (χ0) is 7.90. The van der Waals surface area contributed by atoms with E-state index in [2.05, 4.69) is 0 Å². The van der Waals surface area contributed by atoms with Crippen LogP contribution in [-0.2, 0) is 0 Å². The maximum Gasteiger partial charge on any atom is 0.0800 e. The molecule has 1 atom stereocenters. The Labute approximate surface area is 67.8 Å². The lowest BCUT2D eigenvalue weighted by Gasteiger charge is -2.26. The molecule has 11 heavy (non-hydrogen) atoms. The molecule has 0 aromatic rings. The van der Waals surface area contributed by atoms with Crippen LogP contribution in [0.2, 0.25) is 0 Å². The lowest BCUT2D eigenvalue weighted by Crippen LogP contribution is -2.40. The Kier molecular flexibility index (Phi) is 1.69. The second-order valence-corrected chi connectivity index (χ2v) is 4.23. The third-order valence-electron chi connectivity index (χ3n) is 3.03. The molecule has 0 radical (unpaired) electrons. The summed E-state index contributed by atoms with van der Waals surface area (Å²) in [6, 6.07) is 0. The quantitative estimate of drug-likeness (QED) is 0.633. The molecule has 1 unspecified atom stereocenters. The standard InChI is InChI=1S/C9H17NO/c10-6-9(11,8-3-4-8)5-7-1-2-7/h7-8,11H,1-6,10H2. The van der Waals surface area contributed by atoms with E-state index in [4.69, 9.17) is 5.73 Å². The van der Waals surface area contributed by atoms with Gasteiger partial charge >= 0.3 is 0 Å². The van der Waals surface area contributed by atoms with Gasteiger partial charge in [0.25, 0.3) is 0 Å². The van der Waals surface area contributed by atoms with Crippen LogP contribution in [0.15, 0.2) is 0 Å². The second-order valence-electron chi connectivity index (χ2n) is 4.23. The van der Waals surface area contributed by atoms with E-state index in [9.17, 15) is 5.11 Å². The number of hydrogen-bond acceptors (Lipinski definition) is 2. The average molecular weight is 155 g/mol. The summed E-state index contributed by atoms with van der Waals surface area (Å²) >= 11 is 0. The van der Waals surface area contributed by atoms with Gasteiger partial charge in [-0.05, 0) is 31.1 Å². The first-order valence-electron chi connectivity index (χ1n) is 4.67. The number of nitrogens with two attached hydrogens (primary N) is 1. The van der Waals surface area contributed by atoms with Gasteiger partial charge in [-0.25, -0.2) is 0 Å². The highest BCUT2D eigenvalue weighted by atomic mass is 16.3. The normalized spacial score (nSPS) is 30.0. The summed E-state index contributed by atoms with van der Waals surface area (Å²) in [4.78, 5) is 0. The lowest BCUT2D eigenvalue weighted by molar-refractivity contribution is 0.0125. The Bertz CT molecular complexity index is 152. The highest BCUT2D eigenvalue weighted by Crippen LogP contribution is 2.46. The van der Waals surface area contributed by atoms with Crippen molar-refractivity contribution in [3.05, 3.63) is 0 Å². The molecule has 0 saturated heterocycles. The SMILES string of the molecule is NCC(O)(CC1CC1)C1CC1. The molecule has 0 spiro atoms. The Morgan fingerprint density at radius 3 is 2.27 bits per heavy atom. The van der Waals surface area contributed by atoms with Crippen molar-refractivity contribution in [2.75, 3.05) is 6.54 Å². The van der Waals surface area contributed by atoms with Gasteiger partial charge in [-0.15, -0.1) is 0 Å². The Hall–Kier alpha value is -0.0800. The van der Waals surface area contributed by atoms with Gasteiger partial charge < -0.3 is 10.8 Å². The summed E-state index contributed by atoms with van der Waals surface area (Å²) in [7, 11) is 0. The highest BCUT2D eigenvalue weighted by Gasteiger charge is 2.45. The first-order valence-corrected chi connectivity index (χ1v) is 4.67. The third kappa shape index (κ3) is 1.57. The van der Waals surface area contributed by atoms with Gasteiger partial charge in [0.2, 0.25) is 0 Å². The molecule has 64 valence electrons.